The summed E-state index contributed by atoms with van der Waals surface area (Å²) in [5, 5.41) is 0.448. The first kappa shape index (κ1) is 14.0. The van der Waals surface area contributed by atoms with Crippen molar-refractivity contribution in [3.63, 3.8) is 0 Å². The summed E-state index contributed by atoms with van der Waals surface area (Å²) in [7, 11) is 0. The fraction of sp³-hybridized carbons (Fsp3) is 0.0667. The molecule has 2 aromatic carbocycles. The number of hydrogen-bond donors (Lipinski definition) is 1. The molecule has 106 valence electrons. The molecule has 0 atom stereocenters. The highest BCUT2D eigenvalue weighted by atomic mass is 35.5. The molecule has 1 N–H and O–H groups in total. The van der Waals surface area contributed by atoms with Crippen molar-refractivity contribution in [3.8, 4) is 0 Å². The third kappa shape index (κ3) is 2.77. The van der Waals surface area contributed by atoms with E-state index in [4.69, 9.17) is 23.2 Å². The molecule has 3 rings (SSSR count). The summed E-state index contributed by atoms with van der Waals surface area (Å²) in [5.74, 6) is -0.664. The van der Waals surface area contributed by atoms with E-state index < -0.39 is 5.82 Å². The highest BCUT2D eigenvalue weighted by molar-refractivity contribution is 6.32. The Kier molecular flexibility index (Phi) is 3.66. The number of carbonyl (C=O) groups is 1. The van der Waals surface area contributed by atoms with Gasteiger partial charge in [-0.1, -0.05) is 29.3 Å². The van der Waals surface area contributed by atoms with Crippen molar-refractivity contribution >= 4 is 40.0 Å². The lowest BCUT2D eigenvalue weighted by Crippen LogP contribution is -2.05. The van der Waals surface area contributed by atoms with Crippen molar-refractivity contribution in [2.24, 2.45) is 0 Å². The smallest absolute Gasteiger partial charge is 0.169 e. The number of halogens is 3. The molecule has 0 fully saturated rings. The highest BCUT2D eigenvalue weighted by Gasteiger charge is 2.15. The van der Waals surface area contributed by atoms with Gasteiger partial charge in [-0.05, 0) is 29.8 Å². The zero-order chi connectivity index (χ0) is 15.0. The maximum Gasteiger partial charge on any atom is 0.169 e. The van der Waals surface area contributed by atoms with Gasteiger partial charge in [-0.15, -0.1) is 0 Å². The number of Topliss-reactive ketones (excluding diaryl/α,β-unsaturated/α-hetero) is 1. The Labute approximate surface area is 129 Å². The van der Waals surface area contributed by atoms with Crippen LogP contribution < -0.4 is 0 Å². The molecule has 6 heteroatoms. The molecule has 0 aliphatic rings. The maximum atomic E-state index is 13.1. The van der Waals surface area contributed by atoms with Gasteiger partial charge in [0.25, 0.3) is 0 Å². The van der Waals surface area contributed by atoms with E-state index in [9.17, 15) is 9.18 Å². The van der Waals surface area contributed by atoms with Gasteiger partial charge in [0.1, 0.15) is 5.82 Å². The topological polar surface area (TPSA) is 45.8 Å². The minimum atomic E-state index is -0.509. The number of H-pyrrole nitrogens is 1. The van der Waals surface area contributed by atoms with Crippen molar-refractivity contribution in [2.75, 3.05) is 0 Å². The molecule has 0 spiro atoms. The fourth-order valence-corrected chi connectivity index (χ4v) is 2.58. The Morgan fingerprint density at radius 3 is 2.81 bits per heavy atom. The summed E-state index contributed by atoms with van der Waals surface area (Å²) in [6.45, 7) is 0. The molecule has 0 radical (unpaired) electrons. The van der Waals surface area contributed by atoms with Crippen LogP contribution in [0.1, 0.15) is 15.9 Å². The minimum Gasteiger partial charge on any atom is -0.345 e. The van der Waals surface area contributed by atoms with Crippen LogP contribution in [0.15, 0.2) is 36.7 Å². The molecule has 0 aliphatic heterocycles. The number of aromatic amines is 1. The van der Waals surface area contributed by atoms with Gasteiger partial charge in [0.05, 0.1) is 22.4 Å². The van der Waals surface area contributed by atoms with E-state index in [0.717, 1.165) is 0 Å². The Morgan fingerprint density at radius 2 is 2.05 bits per heavy atom. The summed E-state index contributed by atoms with van der Waals surface area (Å²) >= 11 is 11.7. The zero-order valence-electron chi connectivity index (χ0n) is 10.7. The Bertz CT molecular complexity index is 845. The van der Waals surface area contributed by atoms with Crippen LogP contribution in [-0.2, 0) is 6.42 Å². The van der Waals surface area contributed by atoms with Crippen LogP contribution in [0.3, 0.4) is 0 Å². The summed E-state index contributed by atoms with van der Waals surface area (Å²) in [6, 6.07) is 7.51. The molecule has 0 bridgehead atoms. The summed E-state index contributed by atoms with van der Waals surface area (Å²) in [4.78, 5) is 19.5. The largest absolute Gasteiger partial charge is 0.345 e. The molecule has 3 nitrogen and oxygen atoms in total. The highest BCUT2D eigenvalue weighted by Crippen LogP contribution is 2.23. The van der Waals surface area contributed by atoms with E-state index in [0.29, 0.717) is 27.2 Å². The van der Waals surface area contributed by atoms with Crippen molar-refractivity contribution in [3.05, 3.63) is 63.6 Å². The molecule has 0 saturated carbocycles. The van der Waals surface area contributed by atoms with Crippen LogP contribution >= 0.6 is 23.2 Å². The van der Waals surface area contributed by atoms with E-state index in [1.165, 1.54) is 24.5 Å². The number of hydrogen-bond acceptors (Lipinski definition) is 2. The Hall–Kier alpha value is -1.91. The molecular weight excluding hydrogens is 314 g/mol. The molecule has 21 heavy (non-hydrogen) atoms. The van der Waals surface area contributed by atoms with Crippen molar-refractivity contribution < 1.29 is 9.18 Å². The van der Waals surface area contributed by atoms with Gasteiger partial charge in [-0.25, -0.2) is 9.37 Å². The Morgan fingerprint density at radius 1 is 1.24 bits per heavy atom. The van der Waals surface area contributed by atoms with Gasteiger partial charge in [0.2, 0.25) is 0 Å². The predicted octanol–water partition coefficient (Wildman–Crippen LogP) is 4.43. The van der Waals surface area contributed by atoms with E-state index in [2.05, 4.69) is 9.97 Å². The maximum absolute atomic E-state index is 13.1. The summed E-state index contributed by atoms with van der Waals surface area (Å²) in [6.07, 6.45) is 1.61. The number of nitrogens with one attached hydrogen (secondary N) is 1. The fourth-order valence-electron chi connectivity index (χ4n) is 2.16. The predicted molar refractivity (Wildman–Crippen MR) is 80.5 cm³/mol. The lowest BCUT2D eigenvalue weighted by Gasteiger charge is -2.04. The first-order valence-electron chi connectivity index (χ1n) is 6.14. The minimum absolute atomic E-state index is 0.00342. The van der Waals surface area contributed by atoms with E-state index in [1.54, 1.807) is 12.1 Å². The molecule has 0 amide bonds. The molecular formula is C15H9Cl2FN2O. The summed E-state index contributed by atoms with van der Waals surface area (Å²) < 4.78 is 13.1. The van der Waals surface area contributed by atoms with Gasteiger partial charge in [0.15, 0.2) is 5.78 Å². The number of fused-ring (bicyclic) bond motifs is 1. The molecule has 0 aliphatic carbocycles. The number of ketones is 1. The van der Waals surface area contributed by atoms with Crippen molar-refractivity contribution in [1.82, 2.24) is 9.97 Å². The number of carbonyl (C=O) groups excluding carboxylic acids is 1. The number of imidazole rings is 1. The second-order valence-corrected chi connectivity index (χ2v) is 5.44. The first-order chi connectivity index (χ1) is 10.0. The zero-order valence-corrected chi connectivity index (χ0v) is 12.2. The van der Waals surface area contributed by atoms with Gasteiger partial charge in [-0.2, -0.15) is 0 Å². The summed E-state index contributed by atoms with van der Waals surface area (Å²) in [5.41, 5.74) is 2.33. The second-order valence-electron chi connectivity index (χ2n) is 4.60. The third-order valence-electron chi connectivity index (χ3n) is 3.14. The van der Waals surface area contributed by atoms with Crippen LogP contribution in [0.5, 0.6) is 0 Å². The van der Waals surface area contributed by atoms with Gasteiger partial charge in [0, 0.05) is 17.0 Å². The molecule has 0 saturated heterocycles. The van der Waals surface area contributed by atoms with E-state index in [1.807, 2.05) is 0 Å². The lowest BCUT2D eigenvalue weighted by atomic mass is 10.0. The molecule has 0 unspecified atom stereocenters. The van der Waals surface area contributed by atoms with E-state index >= 15 is 0 Å². The van der Waals surface area contributed by atoms with Crippen molar-refractivity contribution in [2.45, 2.75) is 6.42 Å². The quantitative estimate of drug-likeness (QED) is 0.725. The standard InChI is InChI=1S/C15H9Cl2FN2O/c16-9-5-10(15-13(6-9)19-7-20-15)14(21)4-8-1-2-12(18)11(17)3-8/h1-3,5-7H,4H2,(H,19,20). The molecule has 1 aromatic heterocycles. The van der Waals surface area contributed by atoms with Gasteiger partial charge >= 0.3 is 0 Å². The third-order valence-corrected chi connectivity index (χ3v) is 3.65. The average molecular weight is 323 g/mol. The van der Waals surface area contributed by atoms with Crippen molar-refractivity contribution in [1.29, 1.82) is 0 Å². The normalized spacial score (nSPS) is 11.0. The molecule has 1 heterocycles. The Balaban J connectivity index is 1.97. The second kappa shape index (κ2) is 5.47. The van der Waals surface area contributed by atoms with Crippen LogP contribution in [0.4, 0.5) is 4.39 Å². The van der Waals surface area contributed by atoms with Crippen LogP contribution in [-0.4, -0.2) is 15.8 Å². The van der Waals surface area contributed by atoms with Crippen LogP contribution in [0.25, 0.3) is 11.0 Å². The first-order valence-corrected chi connectivity index (χ1v) is 6.90. The lowest BCUT2D eigenvalue weighted by molar-refractivity contribution is 0.0994. The van der Waals surface area contributed by atoms with Gasteiger partial charge < -0.3 is 4.98 Å². The number of rotatable bonds is 3. The number of aromatic nitrogens is 2. The number of benzene rings is 2. The van der Waals surface area contributed by atoms with Crippen LogP contribution in [0.2, 0.25) is 10.0 Å². The van der Waals surface area contributed by atoms with E-state index in [-0.39, 0.29) is 17.2 Å². The SMILES string of the molecule is O=C(Cc1ccc(F)c(Cl)c1)c1cc(Cl)cc2[nH]cnc12. The van der Waals surface area contributed by atoms with Gasteiger partial charge in [-0.3, -0.25) is 4.79 Å². The van der Waals surface area contributed by atoms with Crippen LogP contribution in [0, 0.1) is 5.82 Å². The monoisotopic (exact) mass is 322 g/mol. The molecule has 3 aromatic rings. The number of nitrogens with zero attached hydrogens (tertiary/aromatic N) is 1. The average Bonchev–Trinajstić information content (AvgIpc) is 2.90.